The molecular weight excluding hydrogens is 437 g/mol. The van der Waals surface area contributed by atoms with Gasteiger partial charge in [0, 0.05) is 0 Å². The fourth-order valence-electron chi connectivity index (χ4n) is 2.76. The van der Waals surface area contributed by atoms with E-state index in [0.717, 1.165) is 30.3 Å². The molecule has 0 spiro atoms. The fourth-order valence-corrected chi connectivity index (χ4v) is 3.56. The van der Waals surface area contributed by atoms with Crippen LogP contribution in [0.2, 0.25) is 5.02 Å². The first-order valence-electron chi connectivity index (χ1n) is 7.87. The third-order valence-corrected chi connectivity index (χ3v) is 5.38. The van der Waals surface area contributed by atoms with Crippen LogP contribution in [0.4, 0.5) is 22.0 Å². The van der Waals surface area contributed by atoms with Crippen molar-refractivity contribution >= 4 is 21.6 Å². The smallest absolute Gasteiger partial charge is 0.225 e. The van der Waals surface area contributed by atoms with E-state index < -0.39 is 38.4 Å². The van der Waals surface area contributed by atoms with Gasteiger partial charge in [-0.05, 0) is 58.7 Å². The van der Waals surface area contributed by atoms with Gasteiger partial charge in [-0.3, -0.25) is 0 Å². The summed E-state index contributed by atoms with van der Waals surface area (Å²) in [6, 6.07) is 9.52. The number of hydrogen-bond donors (Lipinski definition) is 1. The van der Waals surface area contributed by atoms with Crippen LogP contribution in [0.15, 0.2) is 59.5 Å². The van der Waals surface area contributed by atoms with E-state index in [1.165, 1.54) is 24.3 Å². The zero-order valence-corrected chi connectivity index (χ0v) is 15.8. The molecule has 0 aliphatic carbocycles. The Labute approximate surface area is 167 Å². The summed E-state index contributed by atoms with van der Waals surface area (Å²) in [5, 5.41) is 4.43. The van der Waals surface area contributed by atoms with Gasteiger partial charge in [0.1, 0.15) is 0 Å². The van der Waals surface area contributed by atoms with E-state index >= 15 is 0 Å². The summed E-state index contributed by atoms with van der Waals surface area (Å²) in [6.07, 6.45) is -4.67. The van der Waals surface area contributed by atoms with Crippen LogP contribution < -0.4 is 5.14 Å². The first-order chi connectivity index (χ1) is 13.4. The average molecular weight is 448 g/mol. The molecule has 0 saturated carbocycles. The topological polar surface area (TPSA) is 60.2 Å². The van der Waals surface area contributed by atoms with E-state index in [0.29, 0.717) is 5.56 Å². The fraction of sp³-hybridized carbons (Fsp3) is 0.0526. The molecule has 152 valence electrons. The molecule has 10 heteroatoms. The second kappa shape index (κ2) is 7.40. The van der Waals surface area contributed by atoms with Gasteiger partial charge in [0.2, 0.25) is 10.0 Å². The third-order valence-electron chi connectivity index (χ3n) is 4.14. The van der Waals surface area contributed by atoms with Gasteiger partial charge in [0.15, 0.2) is 11.6 Å². The molecule has 3 rings (SSSR count). The molecule has 0 radical (unpaired) electrons. The van der Waals surface area contributed by atoms with Crippen molar-refractivity contribution in [3.8, 4) is 22.3 Å². The molecule has 29 heavy (non-hydrogen) atoms. The lowest BCUT2D eigenvalue weighted by molar-refractivity contribution is -0.137. The molecule has 0 bridgehead atoms. The lowest BCUT2D eigenvalue weighted by atomic mass is 9.93. The maximum absolute atomic E-state index is 13.9. The summed E-state index contributed by atoms with van der Waals surface area (Å²) in [6.45, 7) is 0. The Kier molecular flexibility index (Phi) is 5.42. The quantitative estimate of drug-likeness (QED) is 0.530. The van der Waals surface area contributed by atoms with Gasteiger partial charge in [-0.2, -0.15) is 13.2 Å². The van der Waals surface area contributed by atoms with Crippen LogP contribution in [0.3, 0.4) is 0 Å². The number of benzene rings is 3. The van der Waals surface area contributed by atoms with Crippen molar-refractivity contribution in [2.45, 2.75) is 11.1 Å². The van der Waals surface area contributed by atoms with Gasteiger partial charge >= 0.3 is 6.18 Å². The summed E-state index contributed by atoms with van der Waals surface area (Å²) < 4.78 is 89.3. The highest BCUT2D eigenvalue weighted by molar-refractivity contribution is 7.89. The maximum atomic E-state index is 13.9. The van der Waals surface area contributed by atoms with E-state index in [1.54, 1.807) is 0 Å². The van der Waals surface area contributed by atoms with Crippen LogP contribution >= 0.6 is 11.6 Å². The van der Waals surface area contributed by atoms with Crippen LogP contribution in [-0.4, -0.2) is 8.42 Å². The Morgan fingerprint density at radius 3 is 1.72 bits per heavy atom. The summed E-state index contributed by atoms with van der Waals surface area (Å²) in [5.74, 6) is -2.39. The van der Waals surface area contributed by atoms with E-state index in [1.807, 2.05) is 0 Å². The minimum Gasteiger partial charge on any atom is -0.225 e. The summed E-state index contributed by atoms with van der Waals surface area (Å²) in [5.41, 5.74) is -0.456. The van der Waals surface area contributed by atoms with Crippen molar-refractivity contribution in [2.24, 2.45) is 5.14 Å². The minimum atomic E-state index is -4.67. The molecule has 0 heterocycles. The lowest BCUT2D eigenvalue weighted by Crippen LogP contribution is -2.11. The molecule has 3 aromatic rings. The van der Waals surface area contributed by atoms with Crippen molar-refractivity contribution in [2.75, 3.05) is 0 Å². The number of halogens is 6. The van der Waals surface area contributed by atoms with Gasteiger partial charge in [0.25, 0.3) is 0 Å². The molecule has 0 saturated heterocycles. The summed E-state index contributed by atoms with van der Waals surface area (Å²) >= 11 is 5.74. The Bertz CT molecular complexity index is 1190. The number of sulfonamides is 1. The zero-order chi connectivity index (χ0) is 21.6. The molecule has 0 aliphatic rings. The second-order valence-corrected chi connectivity index (χ2v) is 8.04. The van der Waals surface area contributed by atoms with Gasteiger partial charge in [-0.1, -0.05) is 29.8 Å². The number of primary sulfonamides is 1. The Balaban J connectivity index is 2.18. The van der Waals surface area contributed by atoms with Crippen LogP contribution in [0.5, 0.6) is 0 Å². The standard InChI is InChI=1S/C19H11ClF5NO2S/c20-16-7-11(3-6-15(16)19(23,24)25)14-9-18(22)17(21)8-13(14)10-1-4-12(5-2-10)29(26,27)28/h1-9H,(H2,26,27,28). The predicted octanol–water partition coefficient (Wildman–Crippen LogP) is 5.62. The second-order valence-electron chi connectivity index (χ2n) is 6.07. The highest BCUT2D eigenvalue weighted by atomic mass is 35.5. The zero-order valence-electron chi connectivity index (χ0n) is 14.3. The van der Waals surface area contributed by atoms with Gasteiger partial charge < -0.3 is 0 Å². The predicted molar refractivity (Wildman–Crippen MR) is 98.6 cm³/mol. The first kappa shape index (κ1) is 21.2. The normalized spacial score (nSPS) is 12.2. The molecule has 3 aromatic carbocycles. The highest BCUT2D eigenvalue weighted by Crippen LogP contribution is 2.39. The number of nitrogens with two attached hydrogens (primary N) is 1. The van der Waals surface area contributed by atoms with E-state index in [4.69, 9.17) is 16.7 Å². The summed E-state index contributed by atoms with van der Waals surface area (Å²) in [7, 11) is -3.96. The third kappa shape index (κ3) is 4.42. The number of rotatable bonds is 3. The SMILES string of the molecule is NS(=O)(=O)c1ccc(-c2cc(F)c(F)cc2-c2ccc(C(F)(F)F)c(Cl)c2)cc1. The molecule has 0 atom stereocenters. The Morgan fingerprint density at radius 2 is 1.28 bits per heavy atom. The minimum absolute atomic E-state index is 0.0721. The van der Waals surface area contributed by atoms with Crippen LogP contribution in [-0.2, 0) is 16.2 Å². The van der Waals surface area contributed by atoms with Gasteiger partial charge in [-0.25, -0.2) is 22.3 Å². The van der Waals surface area contributed by atoms with Crippen molar-refractivity contribution in [1.82, 2.24) is 0 Å². The molecule has 0 aliphatic heterocycles. The Hall–Kier alpha value is -2.49. The maximum Gasteiger partial charge on any atom is 0.417 e. The lowest BCUT2D eigenvalue weighted by Gasteiger charge is -2.14. The molecule has 2 N–H and O–H groups in total. The van der Waals surface area contributed by atoms with Crippen LogP contribution in [0, 0.1) is 11.6 Å². The molecule has 3 nitrogen and oxygen atoms in total. The van der Waals surface area contributed by atoms with Crippen molar-refractivity contribution in [3.05, 3.63) is 76.8 Å². The van der Waals surface area contributed by atoms with E-state index in [-0.39, 0.29) is 21.6 Å². The molecule has 0 aromatic heterocycles. The number of hydrogen-bond acceptors (Lipinski definition) is 2. The molecule has 0 fully saturated rings. The molecule has 0 unspecified atom stereocenters. The number of alkyl halides is 3. The van der Waals surface area contributed by atoms with E-state index in [9.17, 15) is 30.4 Å². The highest BCUT2D eigenvalue weighted by Gasteiger charge is 2.33. The average Bonchev–Trinajstić information content (AvgIpc) is 2.62. The first-order valence-corrected chi connectivity index (χ1v) is 9.80. The molecular formula is C19H11ClF5NO2S. The van der Waals surface area contributed by atoms with Crippen molar-refractivity contribution in [1.29, 1.82) is 0 Å². The van der Waals surface area contributed by atoms with Crippen molar-refractivity contribution < 1.29 is 30.4 Å². The van der Waals surface area contributed by atoms with E-state index in [2.05, 4.69) is 0 Å². The largest absolute Gasteiger partial charge is 0.417 e. The van der Waals surface area contributed by atoms with Gasteiger partial charge in [-0.15, -0.1) is 0 Å². The molecule has 0 amide bonds. The van der Waals surface area contributed by atoms with Crippen LogP contribution in [0.1, 0.15) is 5.56 Å². The van der Waals surface area contributed by atoms with Crippen molar-refractivity contribution in [3.63, 3.8) is 0 Å². The van der Waals surface area contributed by atoms with Crippen LogP contribution in [0.25, 0.3) is 22.3 Å². The van der Waals surface area contributed by atoms with Gasteiger partial charge in [0.05, 0.1) is 15.5 Å². The monoisotopic (exact) mass is 447 g/mol. The Morgan fingerprint density at radius 1 is 0.793 bits per heavy atom. The summed E-state index contributed by atoms with van der Waals surface area (Å²) in [4.78, 5) is -0.192.